The number of carbonyl (C=O) groups is 2. The van der Waals surface area contributed by atoms with Crippen LogP contribution in [0.5, 0.6) is 5.75 Å². The number of carboxylic acid groups (broad SMARTS) is 1. The number of ether oxygens (including phenoxy) is 1. The Bertz CT molecular complexity index is 678. The molecule has 1 aromatic carbocycles. The lowest BCUT2D eigenvalue weighted by atomic mass is 10.2. The molecule has 2 N–H and O–H groups in total. The molecule has 1 aliphatic rings. The fraction of sp³-hybridized carbons (Fsp3) is 0.385. The van der Waals surface area contributed by atoms with Crippen LogP contribution in [-0.2, 0) is 14.6 Å². The zero-order chi connectivity index (χ0) is 15.6. The maximum absolute atomic E-state index is 12.3. The van der Waals surface area contributed by atoms with Gasteiger partial charge in [-0.25, -0.2) is 13.2 Å². The summed E-state index contributed by atoms with van der Waals surface area (Å²) in [6.45, 7) is 0. The van der Waals surface area contributed by atoms with E-state index in [0.717, 1.165) is 18.9 Å². The van der Waals surface area contributed by atoms with Crippen molar-refractivity contribution in [3.05, 3.63) is 23.8 Å². The van der Waals surface area contributed by atoms with Crippen LogP contribution < -0.4 is 10.1 Å². The highest BCUT2D eigenvalue weighted by molar-refractivity contribution is 7.92. The molecule has 8 heteroatoms. The minimum Gasteiger partial charge on any atom is -0.495 e. The molecule has 0 radical (unpaired) electrons. The molecule has 1 aliphatic carbocycles. The summed E-state index contributed by atoms with van der Waals surface area (Å²) in [7, 11) is -2.70. The molecule has 0 unspecified atom stereocenters. The monoisotopic (exact) mass is 313 g/mol. The third-order valence-corrected chi connectivity index (χ3v) is 4.64. The molecule has 0 aromatic heterocycles. The Morgan fingerprint density at radius 2 is 2.05 bits per heavy atom. The van der Waals surface area contributed by atoms with Gasteiger partial charge >= 0.3 is 5.97 Å². The number of rotatable bonds is 6. The van der Waals surface area contributed by atoms with Gasteiger partial charge in [-0.1, -0.05) is 0 Å². The van der Waals surface area contributed by atoms with Crippen molar-refractivity contribution in [1.82, 2.24) is 5.32 Å². The molecule has 0 heterocycles. The molecule has 1 amide bonds. The number of sulfone groups is 1. The van der Waals surface area contributed by atoms with E-state index in [-0.39, 0.29) is 22.3 Å². The first-order chi connectivity index (χ1) is 9.83. The summed E-state index contributed by atoms with van der Waals surface area (Å²) in [5.74, 6) is -2.57. The first-order valence-corrected chi connectivity index (χ1v) is 7.92. The topological polar surface area (TPSA) is 110 Å². The smallest absolute Gasteiger partial charge is 0.335 e. The Labute approximate surface area is 121 Å². The summed E-state index contributed by atoms with van der Waals surface area (Å²) < 4.78 is 29.5. The summed E-state index contributed by atoms with van der Waals surface area (Å²) in [5.41, 5.74) is -0.183. The Morgan fingerprint density at radius 3 is 2.57 bits per heavy atom. The van der Waals surface area contributed by atoms with Gasteiger partial charge in [0.2, 0.25) is 5.91 Å². The number of methoxy groups -OCH3 is 1. The lowest BCUT2D eigenvalue weighted by Crippen LogP contribution is -2.32. The highest BCUT2D eigenvalue weighted by Gasteiger charge is 2.28. The van der Waals surface area contributed by atoms with Crippen LogP contribution in [0.3, 0.4) is 0 Å². The minimum absolute atomic E-state index is 0.0132. The second-order valence-corrected chi connectivity index (χ2v) is 6.73. The van der Waals surface area contributed by atoms with Crippen molar-refractivity contribution >= 4 is 21.7 Å². The molecule has 114 valence electrons. The van der Waals surface area contributed by atoms with Gasteiger partial charge < -0.3 is 15.2 Å². The number of nitrogens with one attached hydrogen (secondary N) is 1. The maximum atomic E-state index is 12.3. The average molecular weight is 313 g/mol. The quantitative estimate of drug-likeness (QED) is 0.789. The van der Waals surface area contributed by atoms with Gasteiger partial charge in [-0.05, 0) is 31.0 Å². The Kier molecular flexibility index (Phi) is 4.17. The third-order valence-electron chi connectivity index (χ3n) is 3.01. The van der Waals surface area contributed by atoms with Crippen LogP contribution in [0, 0.1) is 0 Å². The average Bonchev–Trinajstić information content (AvgIpc) is 3.20. The Balaban J connectivity index is 2.30. The van der Waals surface area contributed by atoms with Crippen LogP contribution in [0.25, 0.3) is 0 Å². The zero-order valence-corrected chi connectivity index (χ0v) is 12.1. The van der Waals surface area contributed by atoms with Crippen LogP contribution in [0.4, 0.5) is 0 Å². The van der Waals surface area contributed by atoms with Gasteiger partial charge in [0.15, 0.2) is 9.84 Å². The number of hydrogen-bond donors (Lipinski definition) is 2. The number of amides is 1. The van der Waals surface area contributed by atoms with Crippen molar-refractivity contribution in [1.29, 1.82) is 0 Å². The van der Waals surface area contributed by atoms with Gasteiger partial charge in [-0.3, -0.25) is 4.79 Å². The number of hydrogen-bond acceptors (Lipinski definition) is 5. The SMILES string of the molecule is COc1ccc(C(=O)O)cc1S(=O)(=O)CC(=O)NC1CC1. The predicted molar refractivity (Wildman–Crippen MR) is 73.2 cm³/mol. The highest BCUT2D eigenvalue weighted by Crippen LogP contribution is 2.26. The highest BCUT2D eigenvalue weighted by atomic mass is 32.2. The van der Waals surface area contributed by atoms with Crippen LogP contribution in [0.15, 0.2) is 23.1 Å². The first kappa shape index (κ1) is 15.3. The normalized spacial score (nSPS) is 14.5. The number of aromatic carboxylic acids is 1. The summed E-state index contributed by atoms with van der Waals surface area (Å²) in [6.07, 6.45) is 1.70. The molecule has 1 saturated carbocycles. The van der Waals surface area contributed by atoms with Crippen LogP contribution in [-0.4, -0.2) is 44.3 Å². The van der Waals surface area contributed by atoms with E-state index >= 15 is 0 Å². The van der Waals surface area contributed by atoms with E-state index in [4.69, 9.17) is 9.84 Å². The second-order valence-electron chi connectivity index (χ2n) is 4.77. The Morgan fingerprint density at radius 1 is 1.38 bits per heavy atom. The van der Waals surface area contributed by atoms with Gasteiger partial charge in [0, 0.05) is 6.04 Å². The molecule has 7 nitrogen and oxygen atoms in total. The lowest BCUT2D eigenvalue weighted by molar-refractivity contribution is -0.118. The van der Waals surface area contributed by atoms with Crippen molar-refractivity contribution in [3.8, 4) is 5.75 Å². The van der Waals surface area contributed by atoms with Crippen molar-refractivity contribution in [2.45, 2.75) is 23.8 Å². The van der Waals surface area contributed by atoms with Gasteiger partial charge in [0.05, 0.1) is 12.7 Å². The summed E-state index contributed by atoms with van der Waals surface area (Å²) in [6, 6.07) is 3.56. The largest absolute Gasteiger partial charge is 0.495 e. The summed E-state index contributed by atoms with van der Waals surface area (Å²) in [4.78, 5) is 22.3. The van der Waals surface area contributed by atoms with E-state index in [1.54, 1.807) is 0 Å². The number of carbonyl (C=O) groups excluding carboxylic acids is 1. The molecule has 1 fully saturated rings. The molecular weight excluding hydrogens is 298 g/mol. The maximum Gasteiger partial charge on any atom is 0.335 e. The predicted octanol–water partition coefficient (Wildman–Crippen LogP) is 0.446. The molecule has 0 bridgehead atoms. The minimum atomic E-state index is -3.98. The van der Waals surface area contributed by atoms with Gasteiger partial charge in [0.25, 0.3) is 0 Å². The molecule has 0 saturated heterocycles. The first-order valence-electron chi connectivity index (χ1n) is 6.27. The fourth-order valence-electron chi connectivity index (χ4n) is 1.80. The fourth-order valence-corrected chi connectivity index (χ4v) is 3.15. The van der Waals surface area contributed by atoms with E-state index in [2.05, 4.69) is 5.32 Å². The molecule has 0 atom stereocenters. The van der Waals surface area contributed by atoms with E-state index < -0.39 is 27.5 Å². The van der Waals surface area contributed by atoms with Gasteiger partial charge in [-0.15, -0.1) is 0 Å². The number of carboxylic acids is 1. The second kappa shape index (κ2) is 5.72. The van der Waals surface area contributed by atoms with E-state index in [0.29, 0.717) is 0 Å². The van der Waals surface area contributed by atoms with E-state index in [1.165, 1.54) is 19.2 Å². The van der Waals surface area contributed by atoms with Crippen LogP contribution >= 0.6 is 0 Å². The van der Waals surface area contributed by atoms with E-state index in [9.17, 15) is 18.0 Å². The third kappa shape index (κ3) is 3.72. The van der Waals surface area contributed by atoms with Crippen molar-refractivity contribution in [3.63, 3.8) is 0 Å². The summed E-state index contributed by atoms with van der Waals surface area (Å²) in [5, 5.41) is 11.5. The molecular formula is C13H15NO6S. The van der Waals surface area contributed by atoms with Gasteiger partial charge in [0.1, 0.15) is 16.4 Å². The standard InChI is InChI=1S/C13H15NO6S/c1-20-10-5-2-8(13(16)17)6-11(10)21(18,19)7-12(15)14-9-3-4-9/h2,5-6,9H,3-4,7H2,1H3,(H,14,15)(H,16,17). The van der Waals surface area contributed by atoms with Crippen molar-refractivity contribution < 1.29 is 27.9 Å². The number of benzene rings is 1. The lowest BCUT2D eigenvalue weighted by Gasteiger charge is -2.10. The zero-order valence-electron chi connectivity index (χ0n) is 11.3. The Hall–Kier alpha value is -2.09. The van der Waals surface area contributed by atoms with Crippen molar-refractivity contribution in [2.75, 3.05) is 12.9 Å². The summed E-state index contributed by atoms with van der Waals surface area (Å²) >= 11 is 0. The molecule has 0 aliphatic heterocycles. The van der Waals surface area contributed by atoms with Crippen LogP contribution in [0.2, 0.25) is 0 Å². The molecule has 21 heavy (non-hydrogen) atoms. The molecule has 1 aromatic rings. The van der Waals surface area contributed by atoms with Crippen LogP contribution in [0.1, 0.15) is 23.2 Å². The van der Waals surface area contributed by atoms with E-state index in [1.807, 2.05) is 0 Å². The molecule has 0 spiro atoms. The van der Waals surface area contributed by atoms with Crippen molar-refractivity contribution in [2.24, 2.45) is 0 Å². The van der Waals surface area contributed by atoms with Gasteiger partial charge in [-0.2, -0.15) is 0 Å². The molecule has 2 rings (SSSR count).